The van der Waals surface area contributed by atoms with Gasteiger partial charge < -0.3 is 5.11 Å². The van der Waals surface area contributed by atoms with Crippen LogP contribution in [0.2, 0.25) is 0 Å². The minimum atomic E-state index is -0.706. The van der Waals surface area contributed by atoms with E-state index in [4.69, 9.17) is 5.11 Å². The van der Waals surface area contributed by atoms with Crippen molar-refractivity contribution in [2.24, 2.45) is 5.92 Å². The summed E-state index contributed by atoms with van der Waals surface area (Å²) in [5, 5.41) is 8.18. The molecule has 1 N–H and O–H groups in total. The van der Waals surface area contributed by atoms with E-state index in [1.807, 2.05) is 6.92 Å². The van der Waals surface area contributed by atoms with Crippen LogP contribution in [-0.2, 0) is 4.79 Å². The third-order valence-corrected chi connectivity index (χ3v) is 1.03. The predicted octanol–water partition coefficient (Wildman–Crippen LogP) is 1.69. The zero-order valence-corrected chi connectivity index (χ0v) is 6.76. The molecule has 0 aliphatic carbocycles. The van der Waals surface area contributed by atoms with Gasteiger partial charge in [0.15, 0.2) is 0 Å². The molecule has 0 aromatic rings. The van der Waals surface area contributed by atoms with Gasteiger partial charge in [-0.1, -0.05) is 13.8 Å². The third-order valence-electron chi connectivity index (χ3n) is 1.03. The first-order chi connectivity index (χ1) is 3.18. The maximum Gasteiger partial charge on any atom is 0.306 e. The molecule has 0 radical (unpaired) electrons. The van der Waals surface area contributed by atoms with E-state index in [-0.39, 0.29) is 22.9 Å². The second-order valence-electron chi connectivity index (χ2n) is 1.65. The Hall–Kier alpha value is -0.0500. The molecule has 8 heavy (non-hydrogen) atoms. The molecular weight excluding hydrogens is 172 g/mol. The highest BCUT2D eigenvalue weighted by atomic mass is 79.9. The summed E-state index contributed by atoms with van der Waals surface area (Å²) in [5.41, 5.74) is 0. The Balaban J connectivity index is 0. The summed E-state index contributed by atoms with van der Waals surface area (Å²) >= 11 is 0. The van der Waals surface area contributed by atoms with Crippen LogP contribution in [0.15, 0.2) is 0 Å². The number of carbonyl (C=O) groups is 1. The Kier molecular flexibility index (Phi) is 6.91. The first-order valence-corrected chi connectivity index (χ1v) is 2.41. The van der Waals surface area contributed by atoms with Crippen LogP contribution in [0, 0.1) is 5.92 Å². The van der Waals surface area contributed by atoms with E-state index in [9.17, 15) is 4.79 Å². The normalized spacial score (nSPS) is 11.8. The van der Waals surface area contributed by atoms with E-state index in [0.29, 0.717) is 0 Å². The molecule has 0 aromatic carbocycles. The summed E-state index contributed by atoms with van der Waals surface area (Å²) in [6.07, 6.45) is 0.718. The number of hydrogen-bond donors (Lipinski definition) is 1. The van der Waals surface area contributed by atoms with Crippen LogP contribution in [0.3, 0.4) is 0 Å². The molecule has 0 saturated heterocycles. The Morgan fingerprint density at radius 1 is 1.75 bits per heavy atom. The third kappa shape index (κ3) is 4.12. The van der Waals surface area contributed by atoms with Crippen molar-refractivity contribution < 1.29 is 9.90 Å². The van der Waals surface area contributed by atoms with E-state index < -0.39 is 5.97 Å². The first-order valence-electron chi connectivity index (χ1n) is 2.41. The lowest BCUT2D eigenvalue weighted by atomic mass is 10.1. The topological polar surface area (TPSA) is 37.3 Å². The quantitative estimate of drug-likeness (QED) is 0.707. The lowest BCUT2D eigenvalue weighted by Gasteiger charge is -1.96. The largest absolute Gasteiger partial charge is 0.481 e. The second-order valence-corrected chi connectivity index (χ2v) is 1.65. The maximum atomic E-state index is 9.93. The van der Waals surface area contributed by atoms with Crippen molar-refractivity contribution in [3.63, 3.8) is 0 Å². The van der Waals surface area contributed by atoms with Crippen LogP contribution >= 0.6 is 17.0 Å². The molecule has 0 aromatic heterocycles. The van der Waals surface area contributed by atoms with E-state index in [2.05, 4.69) is 0 Å². The highest BCUT2D eigenvalue weighted by molar-refractivity contribution is 8.93. The number of carboxylic acids is 1. The van der Waals surface area contributed by atoms with E-state index in [1.165, 1.54) is 0 Å². The molecular formula is C5H11BrO2. The van der Waals surface area contributed by atoms with E-state index in [1.54, 1.807) is 6.92 Å². The number of aliphatic carboxylic acids is 1. The van der Waals surface area contributed by atoms with Gasteiger partial charge in [-0.25, -0.2) is 0 Å². The molecule has 0 aliphatic rings. The van der Waals surface area contributed by atoms with Crippen molar-refractivity contribution in [1.82, 2.24) is 0 Å². The molecule has 2 nitrogen and oxygen atoms in total. The highest BCUT2D eigenvalue weighted by Gasteiger charge is 2.05. The van der Waals surface area contributed by atoms with Crippen LogP contribution in [0.4, 0.5) is 0 Å². The Morgan fingerprint density at radius 2 is 2.12 bits per heavy atom. The number of halogens is 1. The fraction of sp³-hybridized carbons (Fsp3) is 0.800. The zero-order valence-electron chi connectivity index (χ0n) is 5.05. The molecule has 0 bridgehead atoms. The Morgan fingerprint density at radius 3 is 2.12 bits per heavy atom. The van der Waals surface area contributed by atoms with Crippen molar-refractivity contribution in [3.05, 3.63) is 0 Å². The highest BCUT2D eigenvalue weighted by Crippen LogP contribution is 1.97. The molecule has 0 heterocycles. The molecule has 1 unspecified atom stereocenters. The molecule has 0 amide bonds. The predicted molar refractivity (Wildman–Crippen MR) is 37.4 cm³/mol. The van der Waals surface area contributed by atoms with Gasteiger partial charge in [-0.05, 0) is 6.42 Å². The molecule has 0 rings (SSSR count). The Labute approximate surface area is 59.7 Å². The van der Waals surface area contributed by atoms with Gasteiger partial charge in [-0.3, -0.25) is 4.79 Å². The monoisotopic (exact) mass is 182 g/mol. The van der Waals surface area contributed by atoms with Crippen molar-refractivity contribution in [2.45, 2.75) is 20.3 Å². The van der Waals surface area contributed by atoms with Crippen LogP contribution in [0.5, 0.6) is 0 Å². The average Bonchev–Trinajstić information content (AvgIpc) is 1.65. The summed E-state index contributed by atoms with van der Waals surface area (Å²) in [7, 11) is 0. The van der Waals surface area contributed by atoms with Crippen molar-refractivity contribution in [2.75, 3.05) is 0 Å². The summed E-state index contributed by atoms with van der Waals surface area (Å²) in [6, 6.07) is 0. The zero-order chi connectivity index (χ0) is 5.86. The molecule has 50 valence electrons. The van der Waals surface area contributed by atoms with Crippen molar-refractivity contribution >= 4 is 23.0 Å². The Bertz CT molecular complexity index is 72.8. The van der Waals surface area contributed by atoms with Gasteiger partial charge in [-0.15, -0.1) is 17.0 Å². The van der Waals surface area contributed by atoms with Crippen LogP contribution in [0.25, 0.3) is 0 Å². The van der Waals surface area contributed by atoms with Gasteiger partial charge in [0.2, 0.25) is 0 Å². The van der Waals surface area contributed by atoms with Gasteiger partial charge in [0.05, 0.1) is 5.92 Å². The lowest BCUT2D eigenvalue weighted by molar-refractivity contribution is -0.141. The van der Waals surface area contributed by atoms with Gasteiger partial charge in [0, 0.05) is 0 Å². The average molecular weight is 183 g/mol. The smallest absolute Gasteiger partial charge is 0.306 e. The maximum absolute atomic E-state index is 9.93. The summed E-state index contributed by atoms with van der Waals surface area (Å²) in [6.45, 7) is 3.56. The molecule has 0 fully saturated rings. The summed E-state index contributed by atoms with van der Waals surface area (Å²) < 4.78 is 0. The first kappa shape index (κ1) is 10.8. The minimum absolute atomic E-state index is 0. The summed E-state index contributed by atoms with van der Waals surface area (Å²) in [4.78, 5) is 9.93. The number of rotatable bonds is 2. The summed E-state index contributed by atoms with van der Waals surface area (Å²) in [5.74, 6) is -0.887. The van der Waals surface area contributed by atoms with Gasteiger partial charge in [0.25, 0.3) is 0 Å². The van der Waals surface area contributed by atoms with Gasteiger partial charge >= 0.3 is 5.97 Å². The van der Waals surface area contributed by atoms with Crippen LogP contribution in [-0.4, -0.2) is 11.1 Å². The van der Waals surface area contributed by atoms with E-state index in [0.717, 1.165) is 6.42 Å². The number of hydrogen-bond acceptors (Lipinski definition) is 1. The fourth-order valence-electron chi connectivity index (χ4n) is 0.175. The fourth-order valence-corrected chi connectivity index (χ4v) is 0.175. The molecule has 3 heteroatoms. The molecule has 0 spiro atoms. The standard InChI is InChI=1S/C5H10O2.BrH/c1-3-4(2)5(6)7;/h4H,3H2,1-2H3,(H,6,7);1H. The van der Waals surface area contributed by atoms with Crippen molar-refractivity contribution in [1.29, 1.82) is 0 Å². The second kappa shape index (κ2) is 5.09. The molecule has 1 atom stereocenters. The number of carboxylic acid groups (broad SMARTS) is 1. The van der Waals surface area contributed by atoms with E-state index >= 15 is 0 Å². The van der Waals surface area contributed by atoms with Gasteiger partial charge in [-0.2, -0.15) is 0 Å². The van der Waals surface area contributed by atoms with Crippen molar-refractivity contribution in [3.8, 4) is 0 Å². The molecule has 0 aliphatic heterocycles. The SMILES string of the molecule is Br.CCC(C)C(=O)O. The minimum Gasteiger partial charge on any atom is -0.481 e. The van der Waals surface area contributed by atoms with Crippen LogP contribution < -0.4 is 0 Å². The van der Waals surface area contributed by atoms with Gasteiger partial charge in [0.1, 0.15) is 0 Å². The lowest BCUT2D eigenvalue weighted by Crippen LogP contribution is -2.06. The van der Waals surface area contributed by atoms with Crippen LogP contribution in [0.1, 0.15) is 20.3 Å². The molecule has 0 saturated carbocycles.